The van der Waals surface area contributed by atoms with Crippen LogP contribution < -0.4 is 5.73 Å². The molecule has 1 aromatic carbocycles. The van der Waals surface area contributed by atoms with Crippen molar-refractivity contribution in [3.63, 3.8) is 0 Å². The number of pyridine rings is 2. The van der Waals surface area contributed by atoms with E-state index in [-0.39, 0.29) is 6.04 Å². The molecule has 0 aliphatic carbocycles. The Bertz CT molecular complexity index is 674. The summed E-state index contributed by atoms with van der Waals surface area (Å²) in [5.41, 5.74) is 8.39. The first-order chi connectivity index (χ1) is 9.34. The van der Waals surface area contributed by atoms with Crippen molar-refractivity contribution in [3.05, 3.63) is 72.3 Å². The molecule has 0 amide bonds. The zero-order valence-corrected chi connectivity index (χ0v) is 10.5. The van der Waals surface area contributed by atoms with Crippen molar-refractivity contribution in [2.75, 3.05) is 0 Å². The number of fused-ring (bicyclic) bond motifs is 1. The molecule has 1 atom stereocenters. The molecule has 3 aromatic rings. The minimum atomic E-state index is -0.0894. The van der Waals surface area contributed by atoms with Gasteiger partial charge in [-0.15, -0.1) is 0 Å². The second-order valence-electron chi connectivity index (χ2n) is 4.58. The molecular weight excluding hydrogens is 234 g/mol. The van der Waals surface area contributed by atoms with Crippen molar-refractivity contribution in [1.82, 2.24) is 9.97 Å². The van der Waals surface area contributed by atoms with E-state index in [1.807, 2.05) is 42.7 Å². The predicted molar refractivity (Wildman–Crippen MR) is 76.6 cm³/mol. The van der Waals surface area contributed by atoms with Crippen molar-refractivity contribution < 1.29 is 0 Å². The summed E-state index contributed by atoms with van der Waals surface area (Å²) in [6.45, 7) is 0. The van der Waals surface area contributed by atoms with E-state index in [0.717, 1.165) is 23.1 Å². The maximum Gasteiger partial charge on any atom is 0.0422 e. The van der Waals surface area contributed by atoms with Crippen LogP contribution in [0.5, 0.6) is 0 Å². The third kappa shape index (κ3) is 2.46. The highest BCUT2D eigenvalue weighted by atomic mass is 14.7. The smallest absolute Gasteiger partial charge is 0.0422 e. The number of hydrogen-bond donors (Lipinski definition) is 1. The quantitative estimate of drug-likeness (QED) is 0.776. The summed E-state index contributed by atoms with van der Waals surface area (Å²) < 4.78 is 0. The molecule has 0 fully saturated rings. The van der Waals surface area contributed by atoms with E-state index in [9.17, 15) is 0 Å². The van der Waals surface area contributed by atoms with Gasteiger partial charge < -0.3 is 5.73 Å². The van der Waals surface area contributed by atoms with Gasteiger partial charge in [0.1, 0.15) is 0 Å². The monoisotopic (exact) mass is 249 g/mol. The van der Waals surface area contributed by atoms with Gasteiger partial charge in [0.05, 0.1) is 0 Å². The first-order valence-electron chi connectivity index (χ1n) is 6.33. The molecule has 0 saturated heterocycles. The molecule has 0 aliphatic rings. The second kappa shape index (κ2) is 5.16. The number of aromatic nitrogens is 2. The Morgan fingerprint density at radius 2 is 1.84 bits per heavy atom. The fourth-order valence-electron chi connectivity index (χ4n) is 2.29. The highest BCUT2D eigenvalue weighted by Gasteiger charge is 2.11. The summed E-state index contributed by atoms with van der Waals surface area (Å²) in [4.78, 5) is 8.60. The maximum atomic E-state index is 6.31. The van der Waals surface area contributed by atoms with Gasteiger partial charge in [-0.1, -0.05) is 30.3 Å². The Labute approximate surface area is 112 Å². The molecule has 2 aromatic heterocycles. The maximum absolute atomic E-state index is 6.31. The highest BCUT2D eigenvalue weighted by molar-refractivity contribution is 5.85. The summed E-state index contributed by atoms with van der Waals surface area (Å²) in [6.07, 6.45) is 6.24. The van der Waals surface area contributed by atoms with E-state index in [2.05, 4.69) is 22.1 Å². The molecule has 94 valence electrons. The second-order valence-corrected chi connectivity index (χ2v) is 4.58. The van der Waals surface area contributed by atoms with Gasteiger partial charge in [-0.25, -0.2) is 0 Å². The minimum Gasteiger partial charge on any atom is -0.324 e. The molecule has 2 heterocycles. The average Bonchev–Trinajstić information content (AvgIpc) is 2.47. The summed E-state index contributed by atoms with van der Waals surface area (Å²) in [6, 6.07) is 14.0. The van der Waals surface area contributed by atoms with Crippen molar-refractivity contribution in [3.8, 4) is 0 Å². The van der Waals surface area contributed by atoms with Crippen LogP contribution >= 0.6 is 0 Å². The van der Waals surface area contributed by atoms with E-state index in [4.69, 9.17) is 5.73 Å². The normalized spacial score (nSPS) is 12.5. The van der Waals surface area contributed by atoms with Gasteiger partial charge in [0.2, 0.25) is 0 Å². The Morgan fingerprint density at radius 1 is 1.00 bits per heavy atom. The first kappa shape index (κ1) is 11.8. The lowest BCUT2D eigenvalue weighted by Crippen LogP contribution is -2.14. The van der Waals surface area contributed by atoms with Crippen LogP contribution in [-0.2, 0) is 6.42 Å². The molecule has 0 bridgehead atoms. The molecule has 0 aliphatic heterocycles. The molecule has 2 N–H and O–H groups in total. The van der Waals surface area contributed by atoms with Gasteiger partial charge >= 0.3 is 0 Å². The number of hydrogen-bond acceptors (Lipinski definition) is 3. The fraction of sp³-hybridized carbons (Fsp3) is 0.125. The number of nitrogens with zero attached hydrogens (tertiary/aromatic N) is 2. The molecular formula is C16H15N3. The molecule has 1 unspecified atom stereocenters. The van der Waals surface area contributed by atoms with Crippen molar-refractivity contribution in [2.45, 2.75) is 12.5 Å². The highest BCUT2D eigenvalue weighted by Crippen LogP contribution is 2.23. The topological polar surface area (TPSA) is 51.8 Å². The largest absolute Gasteiger partial charge is 0.324 e. The van der Waals surface area contributed by atoms with E-state index < -0.39 is 0 Å². The SMILES string of the molecule is NC(Cc1ccccn1)c1cncc2ccccc12. The van der Waals surface area contributed by atoms with Gasteiger partial charge in [-0.2, -0.15) is 0 Å². The summed E-state index contributed by atoms with van der Waals surface area (Å²) in [5, 5.41) is 2.29. The molecule has 0 saturated carbocycles. The van der Waals surface area contributed by atoms with Gasteiger partial charge in [0, 0.05) is 42.1 Å². The molecule has 0 radical (unpaired) electrons. The van der Waals surface area contributed by atoms with Crippen LogP contribution in [0.15, 0.2) is 61.1 Å². The lowest BCUT2D eigenvalue weighted by atomic mass is 9.99. The lowest BCUT2D eigenvalue weighted by molar-refractivity contribution is 0.709. The van der Waals surface area contributed by atoms with Crippen LogP contribution in [0.3, 0.4) is 0 Å². The van der Waals surface area contributed by atoms with Crippen LogP contribution in [0, 0.1) is 0 Å². The van der Waals surface area contributed by atoms with E-state index in [1.165, 1.54) is 5.39 Å². The van der Waals surface area contributed by atoms with Crippen molar-refractivity contribution >= 4 is 10.8 Å². The Hall–Kier alpha value is -2.26. The average molecular weight is 249 g/mol. The van der Waals surface area contributed by atoms with Crippen LogP contribution in [0.2, 0.25) is 0 Å². The molecule has 0 spiro atoms. The summed E-state index contributed by atoms with van der Waals surface area (Å²) >= 11 is 0. The van der Waals surface area contributed by atoms with Crippen LogP contribution in [0.1, 0.15) is 17.3 Å². The van der Waals surface area contributed by atoms with Crippen LogP contribution in [0.4, 0.5) is 0 Å². The summed E-state index contributed by atoms with van der Waals surface area (Å²) in [7, 11) is 0. The predicted octanol–water partition coefficient (Wildman–Crippen LogP) is 2.87. The summed E-state index contributed by atoms with van der Waals surface area (Å²) in [5.74, 6) is 0. The number of nitrogens with two attached hydrogens (primary N) is 1. The van der Waals surface area contributed by atoms with E-state index in [0.29, 0.717) is 0 Å². The lowest BCUT2D eigenvalue weighted by Gasteiger charge is -2.13. The fourth-order valence-corrected chi connectivity index (χ4v) is 2.29. The first-order valence-corrected chi connectivity index (χ1v) is 6.33. The number of benzene rings is 1. The van der Waals surface area contributed by atoms with Crippen LogP contribution in [-0.4, -0.2) is 9.97 Å². The standard InChI is InChI=1S/C16H15N3/c17-16(9-13-6-3-4-8-19-13)15-11-18-10-12-5-1-2-7-14(12)15/h1-8,10-11,16H,9,17H2. The van der Waals surface area contributed by atoms with Gasteiger partial charge in [-0.05, 0) is 23.1 Å². The molecule has 19 heavy (non-hydrogen) atoms. The van der Waals surface area contributed by atoms with Gasteiger partial charge in [0.15, 0.2) is 0 Å². The Balaban J connectivity index is 1.96. The zero-order chi connectivity index (χ0) is 13.1. The van der Waals surface area contributed by atoms with Crippen molar-refractivity contribution in [1.29, 1.82) is 0 Å². The molecule has 3 nitrogen and oxygen atoms in total. The third-order valence-electron chi connectivity index (χ3n) is 3.25. The zero-order valence-electron chi connectivity index (χ0n) is 10.5. The van der Waals surface area contributed by atoms with Gasteiger partial charge in [0.25, 0.3) is 0 Å². The molecule has 3 rings (SSSR count). The van der Waals surface area contributed by atoms with Crippen LogP contribution in [0.25, 0.3) is 10.8 Å². The van der Waals surface area contributed by atoms with E-state index >= 15 is 0 Å². The molecule has 3 heteroatoms. The Kier molecular flexibility index (Phi) is 3.21. The Morgan fingerprint density at radius 3 is 2.68 bits per heavy atom. The van der Waals surface area contributed by atoms with E-state index in [1.54, 1.807) is 6.20 Å². The van der Waals surface area contributed by atoms with Gasteiger partial charge in [-0.3, -0.25) is 9.97 Å². The van der Waals surface area contributed by atoms with Crippen molar-refractivity contribution in [2.24, 2.45) is 5.73 Å². The number of rotatable bonds is 3. The minimum absolute atomic E-state index is 0.0894. The third-order valence-corrected chi connectivity index (χ3v) is 3.25.